The van der Waals surface area contributed by atoms with Gasteiger partial charge in [-0.05, 0) is 39.3 Å². The summed E-state index contributed by atoms with van der Waals surface area (Å²) in [7, 11) is 0. The van der Waals surface area contributed by atoms with Crippen molar-refractivity contribution in [1.82, 2.24) is 9.78 Å². The molecule has 3 rings (SSSR count). The minimum Gasteiger partial charge on any atom is -0.492 e. The van der Waals surface area contributed by atoms with Gasteiger partial charge in [0.1, 0.15) is 5.75 Å². The van der Waals surface area contributed by atoms with Gasteiger partial charge in [0.25, 0.3) is 0 Å². The first-order valence-corrected chi connectivity index (χ1v) is 9.56. The van der Waals surface area contributed by atoms with E-state index in [1.54, 1.807) is 49.7 Å². The van der Waals surface area contributed by atoms with Crippen LogP contribution in [0.1, 0.15) is 43.4 Å². The summed E-state index contributed by atoms with van der Waals surface area (Å²) in [4.78, 5) is 12.7. The van der Waals surface area contributed by atoms with E-state index < -0.39 is 11.5 Å². The summed E-state index contributed by atoms with van der Waals surface area (Å²) >= 11 is 0. The number of benzene rings is 1. The number of aryl methyl sites for hydroxylation is 2. The topological polar surface area (TPSA) is 100 Å². The van der Waals surface area contributed by atoms with Gasteiger partial charge in [0, 0.05) is 48.0 Å². The SMILES string of the molecule is CCOc1cc2nn(CCC(C)(C)O)cc2cc1NC(=O)c1cccc(C)[n+]1O. The van der Waals surface area contributed by atoms with Crippen LogP contribution in [0, 0.1) is 6.92 Å². The van der Waals surface area contributed by atoms with E-state index >= 15 is 0 Å². The summed E-state index contributed by atoms with van der Waals surface area (Å²) in [6.07, 6.45) is 2.43. The smallest absolute Gasteiger partial charge is 0.325 e. The van der Waals surface area contributed by atoms with Crippen molar-refractivity contribution in [3.05, 3.63) is 47.9 Å². The minimum absolute atomic E-state index is 0.119. The van der Waals surface area contributed by atoms with Crippen molar-refractivity contribution in [3.8, 4) is 5.75 Å². The summed E-state index contributed by atoms with van der Waals surface area (Å²) in [5, 5.41) is 28.2. The number of aliphatic hydroxyl groups is 1. The fraction of sp³-hybridized carbons (Fsp3) is 0.381. The number of amides is 1. The summed E-state index contributed by atoms with van der Waals surface area (Å²) < 4.78 is 8.31. The molecule has 0 radical (unpaired) electrons. The second-order valence-corrected chi connectivity index (χ2v) is 7.61. The Hall–Kier alpha value is -3.13. The van der Waals surface area contributed by atoms with Gasteiger partial charge in [0.15, 0.2) is 0 Å². The zero-order chi connectivity index (χ0) is 21.2. The predicted octanol–water partition coefficient (Wildman–Crippen LogP) is 2.68. The summed E-state index contributed by atoms with van der Waals surface area (Å²) in [6, 6.07) is 8.52. The molecule has 0 aliphatic rings. The molecule has 0 spiro atoms. The third-order valence-electron chi connectivity index (χ3n) is 4.54. The molecule has 29 heavy (non-hydrogen) atoms. The Morgan fingerprint density at radius 1 is 1.34 bits per heavy atom. The third-order valence-corrected chi connectivity index (χ3v) is 4.54. The van der Waals surface area contributed by atoms with Crippen LogP contribution >= 0.6 is 0 Å². The van der Waals surface area contributed by atoms with Crippen molar-refractivity contribution in [2.75, 3.05) is 11.9 Å². The maximum absolute atomic E-state index is 12.7. The molecule has 3 N–H and O–H groups in total. The van der Waals surface area contributed by atoms with Crippen LogP contribution in [0.5, 0.6) is 5.75 Å². The Morgan fingerprint density at radius 3 is 2.79 bits per heavy atom. The highest BCUT2D eigenvalue weighted by molar-refractivity contribution is 6.04. The first-order valence-electron chi connectivity index (χ1n) is 9.56. The second-order valence-electron chi connectivity index (χ2n) is 7.61. The van der Waals surface area contributed by atoms with Gasteiger partial charge in [0.2, 0.25) is 5.69 Å². The largest absolute Gasteiger partial charge is 0.492 e. The Morgan fingerprint density at radius 2 is 2.10 bits per heavy atom. The van der Waals surface area contributed by atoms with Crippen molar-refractivity contribution >= 4 is 22.5 Å². The van der Waals surface area contributed by atoms with Crippen LogP contribution in [0.25, 0.3) is 10.9 Å². The average molecular weight is 399 g/mol. The number of rotatable bonds is 7. The monoisotopic (exact) mass is 399 g/mol. The van der Waals surface area contributed by atoms with Crippen LogP contribution in [0.3, 0.4) is 0 Å². The molecule has 0 saturated carbocycles. The van der Waals surface area contributed by atoms with E-state index in [1.807, 2.05) is 13.1 Å². The lowest BCUT2D eigenvalue weighted by atomic mass is 10.1. The molecule has 8 heteroatoms. The molecule has 8 nitrogen and oxygen atoms in total. The lowest BCUT2D eigenvalue weighted by Crippen LogP contribution is -2.42. The minimum atomic E-state index is -0.777. The number of ether oxygens (including phenoxy) is 1. The number of nitrogens with zero attached hydrogens (tertiary/aromatic N) is 3. The van der Waals surface area contributed by atoms with Crippen LogP contribution < -0.4 is 14.8 Å². The van der Waals surface area contributed by atoms with Crippen LogP contribution in [0.15, 0.2) is 36.5 Å². The molecular formula is C21H27N4O4+. The van der Waals surface area contributed by atoms with Crippen molar-refractivity contribution in [2.24, 2.45) is 0 Å². The third kappa shape index (κ3) is 4.83. The van der Waals surface area contributed by atoms with Crippen LogP contribution in [-0.2, 0) is 6.54 Å². The maximum atomic E-state index is 12.7. The van der Waals surface area contributed by atoms with Crippen molar-refractivity contribution < 1.29 is 24.6 Å². The van der Waals surface area contributed by atoms with E-state index in [0.29, 0.717) is 36.7 Å². The van der Waals surface area contributed by atoms with E-state index in [9.17, 15) is 15.1 Å². The lowest BCUT2D eigenvalue weighted by molar-refractivity contribution is -0.909. The molecule has 0 unspecified atom stereocenters. The highest BCUT2D eigenvalue weighted by Gasteiger charge is 2.23. The number of aromatic nitrogens is 3. The van der Waals surface area contributed by atoms with E-state index in [-0.39, 0.29) is 5.69 Å². The average Bonchev–Trinajstić information content (AvgIpc) is 3.04. The molecule has 2 heterocycles. The molecule has 0 atom stereocenters. The summed E-state index contributed by atoms with van der Waals surface area (Å²) in [5.74, 6) is 0.0455. The number of pyridine rings is 1. The Balaban J connectivity index is 1.92. The number of fused-ring (bicyclic) bond motifs is 1. The summed E-state index contributed by atoms with van der Waals surface area (Å²) in [6.45, 7) is 8.08. The van der Waals surface area contributed by atoms with Crippen molar-refractivity contribution in [3.63, 3.8) is 0 Å². The number of nitrogens with one attached hydrogen (secondary N) is 1. The first-order chi connectivity index (χ1) is 13.7. The maximum Gasteiger partial charge on any atom is 0.325 e. The second kappa shape index (κ2) is 8.08. The quantitative estimate of drug-likeness (QED) is 0.419. The van der Waals surface area contributed by atoms with Crippen LogP contribution in [-0.4, -0.2) is 38.2 Å². The number of carbonyl (C=O) groups excluding carboxylic acids is 1. The van der Waals surface area contributed by atoms with Gasteiger partial charge in [-0.15, -0.1) is 0 Å². The van der Waals surface area contributed by atoms with Gasteiger partial charge in [-0.25, -0.2) is 0 Å². The predicted molar refractivity (Wildman–Crippen MR) is 108 cm³/mol. The Kier molecular flexibility index (Phi) is 5.74. The van der Waals surface area contributed by atoms with E-state index in [4.69, 9.17) is 4.74 Å². The Bertz CT molecular complexity index is 1040. The van der Waals surface area contributed by atoms with Crippen molar-refractivity contribution in [2.45, 2.75) is 46.3 Å². The number of hydrogen-bond donors (Lipinski definition) is 3. The normalized spacial score (nSPS) is 11.6. The van der Waals surface area contributed by atoms with Crippen LogP contribution in [0.4, 0.5) is 5.69 Å². The molecular weight excluding hydrogens is 372 g/mol. The van der Waals surface area contributed by atoms with Gasteiger partial charge < -0.3 is 15.2 Å². The van der Waals surface area contributed by atoms with E-state index in [0.717, 1.165) is 15.6 Å². The number of hydrogen-bond acceptors (Lipinski definition) is 5. The summed E-state index contributed by atoms with van der Waals surface area (Å²) in [5.41, 5.74) is 1.11. The van der Waals surface area contributed by atoms with Gasteiger partial charge in [-0.2, -0.15) is 5.10 Å². The highest BCUT2D eigenvalue weighted by atomic mass is 16.5. The van der Waals surface area contributed by atoms with E-state index in [2.05, 4.69) is 10.4 Å². The molecule has 154 valence electrons. The lowest BCUT2D eigenvalue weighted by Gasteiger charge is -2.16. The van der Waals surface area contributed by atoms with Crippen LogP contribution in [0.2, 0.25) is 0 Å². The molecule has 2 aromatic heterocycles. The molecule has 0 saturated heterocycles. The van der Waals surface area contributed by atoms with Gasteiger partial charge in [-0.3, -0.25) is 14.7 Å². The molecule has 1 aromatic carbocycles. The Labute approximate surface area is 169 Å². The standard InChI is InChI=1S/C21H26N4O4/c1-5-29-19-12-16-15(13-24(23-16)10-9-21(3,4)27)11-17(19)22-20(26)18-8-6-7-14(2)25(18)28/h6-8,11-13,27H,5,9-10H2,1-4H3,(H-,22,26,28)/p+1. The first kappa shape index (κ1) is 20.6. The molecule has 1 amide bonds. The van der Waals surface area contributed by atoms with E-state index in [1.165, 1.54) is 6.07 Å². The van der Waals surface area contributed by atoms with Gasteiger partial charge in [-0.1, -0.05) is 0 Å². The number of carbonyl (C=O) groups is 1. The van der Waals surface area contributed by atoms with Gasteiger partial charge in [0.05, 0.1) is 23.4 Å². The molecule has 0 fully saturated rings. The molecule has 0 aliphatic heterocycles. The highest BCUT2D eigenvalue weighted by Crippen LogP contribution is 2.30. The molecule has 0 aliphatic carbocycles. The number of anilines is 1. The fourth-order valence-electron chi connectivity index (χ4n) is 2.95. The fourth-order valence-corrected chi connectivity index (χ4v) is 2.95. The zero-order valence-electron chi connectivity index (χ0n) is 17.1. The molecule has 3 aromatic rings. The van der Waals surface area contributed by atoms with Crippen molar-refractivity contribution in [1.29, 1.82) is 0 Å². The molecule has 0 bridgehead atoms. The zero-order valence-corrected chi connectivity index (χ0v) is 17.1. The van der Waals surface area contributed by atoms with Gasteiger partial charge >= 0.3 is 11.6 Å².